The molecule has 1 heterocycles. The standard InChI is InChI=1S/C21H21FN2O3/c22-17-10-8-16(9-11-17)19(25)6-3-7-20(26)23-14-21(27)24-13-12-15-4-1-2-5-18(15)24/h1-2,4-5,8-11H,3,6-7,12-14H2,(H,23,26). The third-order valence-electron chi connectivity index (χ3n) is 4.60. The number of anilines is 1. The summed E-state index contributed by atoms with van der Waals surface area (Å²) in [5.41, 5.74) is 2.47. The molecule has 0 atom stereocenters. The van der Waals surface area contributed by atoms with E-state index in [4.69, 9.17) is 0 Å². The Kier molecular flexibility index (Phi) is 5.96. The number of carbonyl (C=O) groups excluding carboxylic acids is 3. The Morgan fingerprint density at radius 3 is 2.52 bits per heavy atom. The summed E-state index contributed by atoms with van der Waals surface area (Å²) in [4.78, 5) is 37.9. The van der Waals surface area contributed by atoms with Crippen LogP contribution in [0.1, 0.15) is 35.2 Å². The smallest absolute Gasteiger partial charge is 0.246 e. The van der Waals surface area contributed by atoms with Crippen LogP contribution in [-0.2, 0) is 16.0 Å². The third kappa shape index (κ3) is 4.78. The monoisotopic (exact) mass is 368 g/mol. The molecule has 2 aromatic carbocycles. The first-order chi connectivity index (χ1) is 13.0. The maximum atomic E-state index is 12.9. The van der Waals surface area contributed by atoms with Crippen molar-refractivity contribution in [3.05, 3.63) is 65.5 Å². The van der Waals surface area contributed by atoms with Crippen molar-refractivity contribution in [3.63, 3.8) is 0 Å². The van der Waals surface area contributed by atoms with Gasteiger partial charge in [0.1, 0.15) is 5.82 Å². The van der Waals surface area contributed by atoms with Gasteiger partial charge in [0.05, 0.1) is 6.54 Å². The molecular formula is C21H21FN2O3. The van der Waals surface area contributed by atoms with Crippen LogP contribution < -0.4 is 10.2 Å². The second-order valence-electron chi connectivity index (χ2n) is 6.48. The van der Waals surface area contributed by atoms with E-state index >= 15 is 0 Å². The van der Waals surface area contributed by atoms with E-state index in [0.29, 0.717) is 18.5 Å². The molecule has 6 heteroatoms. The number of fused-ring (bicyclic) bond motifs is 1. The number of para-hydroxylation sites is 1. The summed E-state index contributed by atoms with van der Waals surface area (Å²) in [7, 11) is 0. The average molecular weight is 368 g/mol. The minimum absolute atomic E-state index is 0.0565. The Morgan fingerprint density at radius 2 is 1.74 bits per heavy atom. The number of hydrogen-bond donors (Lipinski definition) is 1. The van der Waals surface area contributed by atoms with E-state index in [2.05, 4.69) is 5.32 Å². The summed E-state index contributed by atoms with van der Waals surface area (Å²) < 4.78 is 12.9. The highest BCUT2D eigenvalue weighted by atomic mass is 19.1. The molecule has 0 bridgehead atoms. The minimum atomic E-state index is -0.392. The molecule has 5 nitrogen and oxygen atoms in total. The molecule has 0 saturated heterocycles. The van der Waals surface area contributed by atoms with Crippen molar-refractivity contribution in [2.24, 2.45) is 0 Å². The highest BCUT2D eigenvalue weighted by Gasteiger charge is 2.24. The lowest BCUT2D eigenvalue weighted by molar-refractivity contribution is -0.125. The van der Waals surface area contributed by atoms with Gasteiger partial charge in [-0.3, -0.25) is 14.4 Å². The van der Waals surface area contributed by atoms with Crippen LogP contribution in [0.4, 0.5) is 10.1 Å². The zero-order valence-electron chi connectivity index (χ0n) is 14.9. The van der Waals surface area contributed by atoms with Gasteiger partial charge in [0.25, 0.3) is 0 Å². The van der Waals surface area contributed by atoms with E-state index in [1.165, 1.54) is 24.3 Å². The van der Waals surface area contributed by atoms with Crippen LogP contribution in [-0.4, -0.2) is 30.7 Å². The van der Waals surface area contributed by atoms with Crippen molar-refractivity contribution in [1.29, 1.82) is 0 Å². The van der Waals surface area contributed by atoms with Gasteiger partial charge in [-0.25, -0.2) is 4.39 Å². The molecule has 0 radical (unpaired) electrons. The van der Waals surface area contributed by atoms with Gasteiger partial charge in [0.2, 0.25) is 11.8 Å². The van der Waals surface area contributed by atoms with E-state index in [0.717, 1.165) is 17.7 Å². The van der Waals surface area contributed by atoms with Crippen molar-refractivity contribution in [1.82, 2.24) is 5.32 Å². The fraction of sp³-hybridized carbons (Fsp3) is 0.286. The SMILES string of the molecule is O=C(CCCC(=O)c1ccc(F)cc1)NCC(=O)N1CCc2ccccc21. The molecule has 1 aliphatic rings. The molecule has 2 amide bonds. The van der Waals surface area contributed by atoms with Gasteiger partial charge in [-0.15, -0.1) is 0 Å². The first-order valence-electron chi connectivity index (χ1n) is 8.98. The number of Topliss-reactive ketones (excluding diaryl/α,β-unsaturated/α-hetero) is 1. The zero-order chi connectivity index (χ0) is 19.2. The van der Waals surface area contributed by atoms with Crippen molar-refractivity contribution in [2.45, 2.75) is 25.7 Å². The van der Waals surface area contributed by atoms with Crippen molar-refractivity contribution in [3.8, 4) is 0 Å². The first kappa shape index (κ1) is 18.8. The van der Waals surface area contributed by atoms with E-state index < -0.39 is 5.82 Å². The van der Waals surface area contributed by atoms with Gasteiger partial charge in [-0.1, -0.05) is 18.2 Å². The first-order valence-corrected chi connectivity index (χ1v) is 8.98. The summed E-state index contributed by atoms with van der Waals surface area (Å²) in [6, 6.07) is 13.1. The van der Waals surface area contributed by atoms with Crippen LogP contribution in [0.15, 0.2) is 48.5 Å². The summed E-state index contributed by atoms with van der Waals surface area (Å²) in [5.74, 6) is -0.929. The van der Waals surface area contributed by atoms with Crippen LogP contribution in [0, 0.1) is 5.82 Å². The predicted molar refractivity (Wildman–Crippen MR) is 100 cm³/mol. The zero-order valence-corrected chi connectivity index (χ0v) is 14.9. The molecule has 0 unspecified atom stereocenters. The van der Waals surface area contributed by atoms with E-state index in [1.807, 2.05) is 24.3 Å². The van der Waals surface area contributed by atoms with Gasteiger partial charge < -0.3 is 10.2 Å². The van der Waals surface area contributed by atoms with Gasteiger partial charge in [0.15, 0.2) is 5.78 Å². The maximum Gasteiger partial charge on any atom is 0.246 e. The molecule has 2 aromatic rings. The largest absolute Gasteiger partial charge is 0.347 e. The third-order valence-corrected chi connectivity index (χ3v) is 4.60. The van der Waals surface area contributed by atoms with E-state index in [1.54, 1.807) is 4.90 Å². The van der Waals surface area contributed by atoms with Crippen LogP contribution in [0.3, 0.4) is 0 Å². The maximum absolute atomic E-state index is 12.9. The second-order valence-corrected chi connectivity index (χ2v) is 6.48. The summed E-state index contributed by atoms with van der Waals surface area (Å²) in [6.45, 7) is 0.569. The molecule has 3 rings (SSSR count). The molecule has 1 aliphatic heterocycles. The number of hydrogen-bond acceptors (Lipinski definition) is 3. The van der Waals surface area contributed by atoms with Crippen molar-refractivity contribution in [2.75, 3.05) is 18.0 Å². The van der Waals surface area contributed by atoms with E-state index in [-0.39, 0.29) is 37.0 Å². The summed E-state index contributed by atoms with van der Waals surface area (Å²) >= 11 is 0. The van der Waals surface area contributed by atoms with Crippen LogP contribution in [0.5, 0.6) is 0 Å². The number of ketones is 1. The summed E-state index contributed by atoms with van der Waals surface area (Å²) in [5, 5.41) is 2.62. The molecule has 140 valence electrons. The number of amides is 2. The molecule has 1 N–H and O–H groups in total. The van der Waals surface area contributed by atoms with Gasteiger partial charge in [-0.2, -0.15) is 0 Å². The molecule has 0 saturated carbocycles. The Morgan fingerprint density at radius 1 is 1.00 bits per heavy atom. The lowest BCUT2D eigenvalue weighted by Crippen LogP contribution is -2.39. The lowest BCUT2D eigenvalue weighted by atomic mass is 10.1. The normalized spacial score (nSPS) is 12.6. The summed E-state index contributed by atoms with van der Waals surface area (Å²) in [6.07, 6.45) is 1.56. The molecule has 0 spiro atoms. The Balaban J connectivity index is 1.39. The number of benzene rings is 2. The van der Waals surface area contributed by atoms with Crippen molar-refractivity contribution < 1.29 is 18.8 Å². The van der Waals surface area contributed by atoms with Gasteiger partial charge >= 0.3 is 0 Å². The lowest BCUT2D eigenvalue weighted by Gasteiger charge is -2.17. The van der Waals surface area contributed by atoms with E-state index in [9.17, 15) is 18.8 Å². The number of rotatable bonds is 7. The van der Waals surface area contributed by atoms with Crippen LogP contribution in [0.2, 0.25) is 0 Å². The highest BCUT2D eigenvalue weighted by molar-refractivity contribution is 5.98. The van der Waals surface area contributed by atoms with Gasteiger partial charge in [-0.05, 0) is 48.7 Å². The number of halogens is 1. The Hall–Kier alpha value is -3.02. The Bertz CT molecular complexity index is 849. The molecular weight excluding hydrogens is 347 g/mol. The minimum Gasteiger partial charge on any atom is -0.347 e. The fourth-order valence-electron chi connectivity index (χ4n) is 3.14. The molecule has 0 fully saturated rings. The topological polar surface area (TPSA) is 66.5 Å². The number of nitrogens with one attached hydrogen (secondary N) is 1. The van der Waals surface area contributed by atoms with Gasteiger partial charge in [0, 0.05) is 30.6 Å². The highest BCUT2D eigenvalue weighted by Crippen LogP contribution is 2.27. The second kappa shape index (κ2) is 8.58. The average Bonchev–Trinajstić information content (AvgIpc) is 3.11. The number of nitrogens with zero attached hydrogens (tertiary/aromatic N) is 1. The quantitative estimate of drug-likeness (QED) is 0.764. The Labute approximate surface area is 157 Å². The van der Waals surface area contributed by atoms with Crippen molar-refractivity contribution >= 4 is 23.3 Å². The molecule has 0 aliphatic carbocycles. The fourth-order valence-corrected chi connectivity index (χ4v) is 3.14. The van der Waals surface area contributed by atoms with Crippen LogP contribution in [0.25, 0.3) is 0 Å². The predicted octanol–water partition coefficient (Wildman–Crippen LogP) is 2.88. The molecule has 0 aromatic heterocycles. The molecule has 27 heavy (non-hydrogen) atoms. The number of carbonyl (C=O) groups is 3. The van der Waals surface area contributed by atoms with Crippen LogP contribution >= 0.6 is 0 Å².